The highest BCUT2D eigenvalue weighted by atomic mass is 35.5. The van der Waals surface area contributed by atoms with Crippen molar-refractivity contribution in [1.82, 2.24) is 14.8 Å². The number of hydrogen-bond acceptors (Lipinski definition) is 3. The van der Waals surface area contributed by atoms with Crippen molar-refractivity contribution in [3.05, 3.63) is 45.4 Å². The Morgan fingerprint density at radius 1 is 1.50 bits per heavy atom. The molecule has 1 aromatic heterocycles. The molecule has 2 aromatic rings. The molecule has 0 atom stereocenters. The lowest BCUT2D eigenvalue weighted by molar-refractivity contribution is 0.186. The molecule has 1 N–H and O–H groups in total. The van der Waals surface area contributed by atoms with Gasteiger partial charge in [0.25, 0.3) is 0 Å². The number of hydrogen-bond donors (Lipinski definition) is 1. The SMILES string of the molecule is COCCn1c(Cc2cccc(Cl)c2)n[nH]c1=S. The van der Waals surface area contributed by atoms with Crippen LogP contribution in [-0.4, -0.2) is 28.5 Å². The molecule has 6 heteroatoms. The van der Waals surface area contributed by atoms with Crippen molar-refractivity contribution in [1.29, 1.82) is 0 Å². The molecule has 0 aliphatic rings. The maximum absolute atomic E-state index is 5.96. The highest BCUT2D eigenvalue weighted by molar-refractivity contribution is 7.71. The molecule has 0 radical (unpaired) electrons. The molecular formula is C12H14ClN3OS. The smallest absolute Gasteiger partial charge is 0.195 e. The van der Waals surface area contributed by atoms with Crippen LogP contribution in [0.3, 0.4) is 0 Å². The van der Waals surface area contributed by atoms with Crippen LogP contribution in [0.15, 0.2) is 24.3 Å². The molecule has 4 nitrogen and oxygen atoms in total. The first kappa shape index (κ1) is 13.3. The van der Waals surface area contributed by atoms with E-state index in [2.05, 4.69) is 10.2 Å². The molecule has 0 amide bonds. The molecule has 0 bridgehead atoms. The van der Waals surface area contributed by atoms with E-state index in [1.165, 1.54) is 0 Å². The van der Waals surface area contributed by atoms with Crippen molar-refractivity contribution in [2.75, 3.05) is 13.7 Å². The third kappa shape index (κ3) is 3.19. The summed E-state index contributed by atoms with van der Waals surface area (Å²) in [6.45, 7) is 1.30. The number of rotatable bonds is 5. The van der Waals surface area contributed by atoms with E-state index >= 15 is 0 Å². The topological polar surface area (TPSA) is 42.8 Å². The second-order valence-corrected chi connectivity index (χ2v) is 4.72. The Balaban J connectivity index is 2.21. The molecule has 96 valence electrons. The number of halogens is 1. The summed E-state index contributed by atoms with van der Waals surface area (Å²) < 4.78 is 7.62. The minimum Gasteiger partial charge on any atom is -0.383 e. The first-order chi connectivity index (χ1) is 8.70. The molecule has 0 fully saturated rings. The van der Waals surface area contributed by atoms with Crippen molar-refractivity contribution >= 4 is 23.8 Å². The van der Waals surface area contributed by atoms with E-state index in [9.17, 15) is 0 Å². The quantitative estimate of drug-likeness (QED) is 0.858. The lowest BCUT2D eigenvalue weighted by Gasteiger charge is -2.06. The van der Waals surface area contributed by atoms with Gasteiger partial charge >= 0.3 is 0 Å². The van der Waals surface area contributed by atoms with Crippen molar-refractivity contribution in [2.45, 2.75) is 13.0 Å². The van der Waals surface area contributed by atoms with Gasteiger partial charge in [-0.1, -0.05) is 23.7 Å². The van der Waals surface area contributed by atoms with Crippen LogP contribution in [0.25, 0.3) is 0 Å². The summed E-state index contributed by atoms with van der Waals surface area (Å²) >= 11 is 11.2. The summed E-state index contributed by atoms with van der Waals surface area (Å²) in [5.74, 6) is 0.888. The van der Waals surface area contributed by atoms with Gasteiger partial charge in [-0.05, 0) is 29.9 Å². The summed E-state index contributed by atoms with van der Waals surface area (Å²) in [6, 6.07) is 7.73. The lowest BCUT2D eigenvalue weighted by Crippen LogP contribution is -2.09. The van der Waals surface area contributed by atoms with E-state index in [1.807, 2.05) is 28.8 Å². The predicted molar refractivity (Wildman–Crippen MR) is 73.5 cm³/mol. The molecule has 0 unspecified atom stereocenters. The van der Waals surface area contributed by atoms with Gasteiger partial charge in [-0.25, -0.2) is 0 Å². The van der Waals surface area contributed by atoms with Gasteiger partial charge in [0.1, 0.15) is 5.82 Å². The van der Waals surface area contributed by atoms with Crippen LogP contribution >= 0.6 is 23.8 Å². The average Bonchev–Trinajstić information content (AvgIpc) is 2.68. The number of H-pyrrole nitrogens is 1. The largest absolute Gasteiger partial charge is 0.383 e. The standard InChI is InChI=1S/C12H14ClN3OS/c1-17-6-5-16-11(14-15-12(16)18)8-9-3-2-4-10(13)7-9/h2-4,7H,5-6,8H2,1H3,(H,15,18). The molecule has 18 heavy (non-hydrogen) atoms. The average molecular weight is 284 g/mol. The van der Waals surface area contributed by atoms with Gasteiger partial charge in [-0.2, -0.15) is 5.10 Å². The number of nitrogens with zero attached hydrogens (tertiary/aromatic N) is 2. The summed E-state index contributed by atoms with van der Waals surface area (Å²) in [4.78, 5) is 0. The monoisotopic (exact) mass is 283 g/mol. The van der Waals surface area contributed by atoms with E-state index in [1.54, 1.807) is 7.11 Å². The fourth-order valence-electron chi connectivity index (χ4n) is 1.73. The fourth-order valence-corrected chi connectivity index (χ4v) is 2.18. The highest BCUT2D eigenvalue weighted by Crippen LogP contribution is 2.14. The van der Waals surface area contributed by atoms with Gasteiger partial charge < -0.3 is 9.30 Å². The van der Waals surface area contributed by atoms with Gasteiger partial charge in [0.2, 0.25) is 0 Å². The van der Waals surface area contributed by atoms with Gasteiger partial charge in [0, 0.05) is 25.1 Å². The van der Waals surface area contributed by atoms with Crippen LogP contribution in [0.5, 0.6) is 0 Å². The first-order valence-electron chi connectivity index (χ1n) is 5.58. The normalized spacial score (nSPS) is 10.8. The number of nitrogens with one attached hydrogen (secondary N) is 1. The summed E-state index contributed by atoms with van der Waals surface area (Å²) in [5.41, 5.74) is 1.11. The zero-order chi connectivity index (χ0) is 13.0. The van der Waals surface area contributed by atoms with E-state index in [-0.39, 0.29) is 0 Å². The first-order valence-corrected chi connectivity index (χ1v) is 6.37. The highest BCUT2D eigenvalue weighted by Gasteiger charge is 2.07. The maximum atomic E-state index is 5.96. The van der Waals surface area contributed by atoms with Gasteiger partial charge in [0.05, 0.1) is 6.61 Å². The van der Waals surface area contributed by atoms with Gasteiger partial charge in [0.15, 0.2) is 4.77 Å². The second kappa shape index (κ2) is 6.13. The summed E-state index contributed by atoms with van der Waals surface area (Å²) in [6.07, 6.45) is 0.692. The Morgan fingerprint density at radius 2 is 2.33 bits per heavy atom. The Kier molecular flexibility index (Phi) is 4.52. The molecule has 0 saturated carbocycles. The van der Waals surface area contributed by atoms with Crippen molar-refractivity contribution < 1.29 is 4.74 Å². The Bertz CT molecular complexity index is 579. The zero-order valence-electron chi connectivity index (χ0n) is 10.0. The number of aromatic nitrogens is 3. The Morgan fingerprint density at radius 3 is 3.06 bits per heavy atom. The van der Waals surface area contributed by atoms with Crippen LogP contribution in [-0.2, 0) is 17.7 Å². The van der Waals surface area contributed by atoms with Gasteiger partial charge in [-0.3, -0.25) is 5.10 Å². The minimum atomic E-state index is 0.608. The van der Waals surface area contributed by atoms with E-state index in [0.717, 1.165) is 16.4 Å². The molecule has 0 saturated heterocycles. The fraction of sp³-hybridized carbons (Fsp3) is 0.333. The van der Waals surface area contributed by atoms with E-state index < -0.39 is 0 Å². The minimum absolute atomic E-state index is 0.608. The van der Waals surface area contributed by atoms with Gasteiger partial charge in [-0.15, -0.1) is 0 Å². The zero-order valence-corrected chi connectivity index (χ0v) is 11.6. The van der Waals surface area contributed by atoms with E-state index in [4.69, 9.17) is 28.6 Å². The molecule has 0 aliphatic carbocycles. The second-order valence-electron chi connectivity index (χ2n) is 3.90. The molecule has 0 aliphatic heterocycles. The van der Waals surface area contributed by atoms with Crippen LogP contribution in [0.1, 0.15) is 11.4 Å². The molecule has 0 spiro atoms. The Labute approximate surface area is 116 Å². The van der Waals surface area contributed by atoms with Crippen LogP contribution < -0.4 is 0 Å². The van der Waals surface area contributed by atoms with E-state index in [0.29, 0.717) is 24.3 Å². The van der Waals surface area contributed by atoms with Crippen molar-refractivity contribution in [3.63, 3.8) is 0 Å². The maximum Gasteiger partial charge on any atom is 0.195 e. The van der Waals surface area contributed by atoms with Crippen molar-refractivity contribution in [3.8, 4) is 0 Å². The third-order valence-corrected chi connectivity index (χ3v) is 3.15. The molecule has 2 rings (SSSR count). The van der Waals surface area contributed by atoms with Crippen molar-refractivity contribution in [2.24, 2.45) is 0 Å². The third-order valence-electron chi connectivity index (χ3n) is 2.61. The van der Waals surface area contributed by atoms with Crippen LogP contribution in [0, 0.1) is 4.77 Å². The molecule has 1 heterocycles. The summed E-state index contributed by atoms with van der Waals surface area (Å²) in [5, 5.41) is 7.78. The number of aromatic amines is 1. The molecule has 1 aromatic carbocycles. The summed E-state index contributed by atoms with van der Waals surface area (Å²) in [7, 11) is 1.67. The molecular weight excluding hydrogens is 270 g/mol. The van der Waals surface area contributed by atoms with Crippen LogP contribution in [0.2, 0.25) is 5.02 Å². The number of ether oxygens (including phenoxy) is 1. The van der Waals surface area contributed by atoms with Crippen LogP contribution in [0.4, 0.5) is 0 Å². The number of benzene rings is 1. The predicted octanol–water partition coefficient (Wildman–Crippen LogP) is 2.83. The number of methoxy groups -OCH3 is 1. The lowest BCUT2D eigenvalue weighted by atomic mass is 10.1. The Hall–Kier alpha value is -1.17.